The molecule has 0 spiro atoms. The summed E-state index contributed by atoms with van der Waals surface area (Å²) in [5.41, 5.74) is 6.36. The van der Waals surface area contributed by atoms with Gasteiger partial charge in [-0.1, -0.05) is 46.0 Å². The van der Waals surface area contributed by atoms with E-state index in [4.69, 9.17) is 5.73 Å². The Morgan fingerprint density at radius 2 is 1.72 bits per heavy atom. The molecular formula is C16H34N2. The van der Waals surface area contributed by atoms with Gasteiger partial charge >= 0.3 is 0 Å². The summed E-state index contributed by atoms with van der Waals surface area (Å²) in [6, 6.07) is 0.842. The highest BCUT2D eigenvalue weighted by atomic mass is 15.2. The first-order valence-electron chi connectivity index (χ1n) is 8.14. The van der Waals surface area contributed by atoms with Gasteiger partial charge in [0.25, 0.3) is 0 Å². The van der Waals surface area contributed by atoms with Crippen molar-refractivity contribution in [3.8, 4) is 0 Å². The van der Waals surface area contributed by atoms with Crippen LogP contribution in [0.3, 0.4) is 0 Å². The van der Waals surface area contributed by atoms with E-state index in [0.717, 1.165) is 12.6 Å². The van der Waals surface area contributed by atoms with Crippen LogP contribution < -0.4 is 5.73 Å². The maximum Gasteiger partial charge on any atom is 0.0306 e. The normalized spacial score (nSPS) is 19.2. The average Bonchev–Trinajstić information content (AvgIpc) is 3.19. The van der Waals surface area contributed by atoms with Crippen LogP contribution in [-0.2, 0) is 0 Å². The summed E-state index contributed by atoms with van der Waals surface area (Å²) in [7, 11) is 0. The molecule has 18 heavy (non-hydrogen) atoms. The van der Waals surface area contributed by atoms with E-state index in [2.05, 4.69) is 25.7 Å². The van der Waals surface area contributed by atoms with Crippen molar-refractivity contribution in [3.63, 3.8) is 0 Å². The van der Waals surface area contributed by atoms with Gasteiger partial charge in [0.1, 0.15) is 0 Å². The smallest absolute Gasteiger partial charge is 0.0306 e. The summed E-state index contributed by atoms with van der Waals surface area (Å²) < 4.78 is 0. The third-order valence-corrected chi connectivity index (χ3v) is 4.40. The van der Waals surface area contributed by atoms with E-state index < -0.39 is 0 Å². The third-order valence-electron chi connectivity index (χ3n) is 4.40. The standard InChI is InChI=1S/C16H34N2/c1-4-6-7-8-9-12-16(3,14-17)18(13-5-2)15-10-11-15/h15H,4-14,17H2,1-3H3. The van der Waals surface area contributed by atoms with Gasteiger partial charge in [0.2, 0.25) is 0 Å². The minimum Gasteiger partial charge on any atom is -0.329 e. The lowest BCUT2D eigenvalue weighted by molar-refractivity contribution is 0.0893. The van der Waals surface area contributed by atoms with E-state index >= 15 is 0 Å². The van der Waals surface area contributed by atoms with E-state index in [9.17, 15) is 0 Å². The Morgan fingerprint density at radius 1 is 1.06 bits per heavy atom. The van der Waals surface area contributed by atoms with Crippen molar-refractivity contribution in [1.82, 2.24) is 4.90 Å². The lowest BCUT2D eigenvalue weighted by Crippen LogP contribution is -2.53. The van der Waals surface area contributed by atoms with Gasteiger partial charge in [-0.05, 0) is 39.2 Å². The van der Waals surface area contributed by atoms with Crippen molar-refractivity contribution in [3.05, 3.63) is 0 Å². The molecule has 0 aromatic heterocycles. The zero-order valence-electron chi connectivity index (χ0n) is 12.9. The molecule has 108 valence electrons. The van der Waals surface area contributed by atoms with Crippen LogP contribution in [0.25, 0.3) is 0 Å². The second-order valence-electron chi connectivity index (χ2n) is 6.29. The molecule has 0 amide bonds. The van der Waals surface area contributed by atoms with Gasteiger partial charge in [-0.3, -0.25) is 4.90 Å². The molecule has 2 N–H and O–H groups in total. The van der Waals surface area contributed by atoms with Gasteiger partial charge in [0.15, 0.2) is 0 Å². The van der Waals surface area contributed by atoms with Gasteiger partial charge < -0.3 is 5.73 Å². The summed E-state index contributed by atoms with van der Waals surface area (Å²) in [4.78, 5) is 2.72. The number of nitrogens with two attached hydrogens (primary N) is 1. The van der Waals surface area contributed by atoms with Gasteiger partial charge in [0.05, 0.1) is 0 Å². The summed E-state index contributed by atoms with van der Waals surface area (Å²) in [6.45, 7) is 9.00. The molecule has 0 aliphatic heterocycles. The number of hydrogen-bond donors (Lipinski definition) is 1. The van der Waals surface area contributed by atoms with Gasteiger partial charge in [-0.2, -0.15) is 0 Å². The minimum atomic E-state index is 0.253. The Bertz CT molecular complexity index is 213. The van der Waals surface area contributed by atoms with Crippen LogP contribution in [0.2, 0.25) is 0 Å². The van der Waals surface area contributed by atoms with Crippen LogP contribution >= 0.6 is 0 Å². The maximum atomic E-state index is 6.10. The molecular weight excluding hydrogens is 220 g/mol. The zero-order chi connectivity index (χ0) is 13.4. The summed E-state index contributed by atoms with van der Waals surface area (Å²) in [5, 5.41) is 0. The van der Waals surface area contributed by atoms with Crippen LogP contribution in [0, 0.1) is 0 Å². The molecule has 0 heterocycles. The van der Waals surface area contributed by atoms with Crippen molar-refractivity contribution in [2.75, 3.05) is 13.1 Å². The molecule has 1 unspecified atom stereocenters. The molecule has 2 heteroatoms. The van der Waals surface area contributed by atoms with Crippen molar-refractivity contribution >= 4 is 0 Å². The predicted octanol–water partition coefficient (Wildman–Crippen LogP) is 3.94. The zero-order valence-corrected chi connectivity index (χ0v) is 12.9. The Hall–Kier alpha value is -0.0800. The van der Waals surface area contributed by atoms with E-state index in [1.807, 2.05) is 0 Å². The fraction of sp³-hybridized carbons (Fsp3) is 1.00. The molecule has 1 rings (SSSR count). The molecule has 1 atom stereocenters. The molecule has 1 aliphatic rings. The average molecular weight is 254 g/mol. The lowest BCUT2D eigenvalue weighted by atomic mass is 9.91. The molecule has 0 aromatic rings. The Labute approximate surface area is 114 Å². The predicted molar refractivity (Wildman–Crippen MR) is 80.9 cm³/mol. The van der Waals surface area contributed by atoms with E-state index in [-0.39, 0.29) is 5.54 Å². The highest BCUT2D eigenvalue weighted by Crippen LogP contribution is 2.35. The van der Waals surface area contributed by atoms with Crippen LogP contribution in [0.5, 0.6) is 0 Å². The lowest BCUT2D eigenvalue weighted by Gasteiger charge is -2.41. The van der Waals surface area contributed by atoms with Gasteiger partial charge in [-0.25, -0.2) is 0 Å². The molecule has 0 saturated heterocycles. The second-order valence-corrected chi connectivity index (χ2v) is 6.29. The molecule has 2 nitrogen and oxygen atoms in total. The maximum absolute atomic E-state index is 6.10. The van der Waals surface area contributed by atoms with Crippen molar-refractivity contribution in [1.29, 1.82) is 0 Å². The molecule has 1 saturated carbocycles. The van der Waals surface area contributed by atoms with E-state index in [1.54, 1.807) is 0 Å². The van der Waals surface area contributed by atoms with Crippen LogP contribution in [0.4, 0.5) is 0 Å². The minimum absolute atomic E-state index is 0.253. The SMILES string of the molecule is CCCCCCCC(C)(CN)N(CCC)C1CC1. The van der Waals surface area contributed by atoms with Crippen molar-refractivity contribution in [2.24, 2.45) is 5.73 Å². The summed E-state index contributed by atoms with van der Waals surface area (Å²) in [5.74, 6) is 0. The number of nitrogens with zero attached hydrogens (tertiary/aromatic N) is 1. The molecule has 0 radical (unpaired) electrons. The van der Waals surface area contributed by atoms with Crippen LogP contribution in [0.15, 0.2) is 0 Å². The third kappa shape index (κ3) is 4.89. The van der Waals surface area contributed by atoms with Crippen LogP contribution in [-0.4, -0.2) is 29.6 Å². The van der Waals surface area contributed by atoms with Crippen LogP contribution in [0.1, 0.15) is 78.6 Å². The highest BCUT2D eigenvalue weighted by molar-refractivity contribution is 4.96. The van der Waals surface area contributed by atoms with E-state index in [0.29, 0.717) is 0 Å². The van der Waals surface area contributed by atoms with Crippen molar-refractivity contribution in [2.45, 2.75) is 90.1 Å². The van der Waals surface area contributed by atoms with Gasteiger partial charge in [0, 0.05) is 18.1 Å². The molecule has 1 fully saturated rings. The quantitative estimate of drug-likeness (QED) is 0.566. The first-order valence-corrected chi connectivity index (χ1v) is 8.14. The fourth-order valence-corrected chi connectivity index (χ4v) is 2.99. The summed E-state index contributed by atoms with van der Waals surface area (Å²) in [6.07, 6.45) is 12.2. The Morgan fingerprint density at radius 3 is 2.22 bits per heavy atom. The number of hydrogen-bond acceptors (Lipinski definition) is 2. The molecule has 0 bridgehead atoms. The number of rotatable bonds is 11. The Balaban J connectivity index is 2.38. The number of unbranched alkanes of at least 4 members (excludes halogenated alkanes) is 4. The monoisotopic (exact) mass is 254 g/mol. The Kier molecular flexibility index (Phi) is 7.25. The molecule has 1 aliphatic carbocycles. The van der Waals surface area contributed by atoms with E-state index in [1.165, 1.54) is 64.3 Å². The fourth-order valence-electron chi connectivity index (χ4n) is 2.99. The largest absolute Gasteiger partial charge is 0.329 e. The second kappa shape index (κ2) is 8.16. The summed E-state index contributed by atoms with van der Waals surface area (Å²) >= 11 is 0. The van der Waals surface area contributed by atoms with Gasteiger partial charge in [-0.15, -0.1) is 0 Å². The first-order chi connectivity index (χ1) is 8.68. The molecule has 0 aromatic carbocycles. The van der Waals surface area contributed by atoms with Crippen molar-refractivity contribution < 1.29 is 0 Å². The topological polar surface area (TPSA) is 29.3 Å². The highest BCUT2D eigenvalue weighted by Gasteiger charge is 2.39. The first kappa shape index (κ1) is 16.0.